The van der Waals surface area contributed by atoms with Crippen molar-refractivity contribution in [3.05, 3.63) is 35.9 Å². The first-order valence-electron chi connectivity index (χ1n) is 10.0. The second-order valence-corrected chi connectivity index (χ2v) is 8.00. The number of hydrogen-bond donors (Lipinski definition) is 2. The van der Waals surface area contributed by atoms with E-state index in [0.29, 0.717) is 25.6 Å². The highest BCUT2D eigenvalue weighted by Gasteiger charge is 2.16. The van der Waals surface area contributed by atoms with E-state index in [1.807, 2.05) is 45.0 Å². The van der Waals surface area contributed by atoms with Gasteiger partial charge in [0.05, 0.1) is 6.10 Å². The van der Waals surface area contributed by atoms with E-state index in [-0.39, 0.29) is 5.91 Å². The number of amides is 2. The Bertz CT molecular complexity index is 673. The van der Waals surface area contributed by atoms with Crippen molar-refractivity contribution in [2.75, 3.05) is 13.1 Å². The van der Waals surface area contributed by atoms with Crippen LogP contribution in [0.3, 0.4) is 0 Å². The van der Waals surface area contributed by atoms with Crippen molar-refractivity contribution < 1.29 is 19.1 Å². The first-order valence-corrected chi connectivity index (χ1v) is 10.0. The molecule has 154 valence electrons. The second-order valence-electron chi connectivity index (χ2n) is 8.00. The molecule has 0 unspecified atom stereocenters. The Kier molecular flexibility index (Phi) is 8.36. The first-order chi connectivity index (χ1) is 13.3. The van der Waals surface area contributed by atoms with Crippen LogP contribution in [0.1, 0.15) is 58.4 Å². The van der Waals surface area contributed by atoms with E-state index in [9.17, 15) is 9.59 Å². The maximum atomic E-state index is 11.9. The van der Waals surface area contributed by atoms with Crippen molar-refractivity contribution >= 4 is 18.1 Å². The van der Waals surface area contributed by atoms with Gasteiger partial charge in [0.15, 0.2) is 0 Å². The maximum Gasteiger partial charge on any atom is 0.407 e. The molecule has 1 saturated carbocycles. The third-order valence-electron chi connectivity index (χ3n) is 4.21. The number of ether oxygens (including phenoxy) is 2. The summed E-state index contributed by atoms with van der Waals surface area (Å²) in [7, 11) is 0. The highest BCUT2D eigenvalue weighted by molar-refractivity contribution is 5.91. The third kappa shape index (κ3) is 8.93. The lowest BCUT2D eigenvalue weighted by Gasteiger charge is -2.19. The number of benzene rings is 1. The molecule has 0 aliphatic heterocycles. The molecule has 1 aliphatic carbocycles. The SMILES string of the molecule is CC(C)(C)OC(=O)NCCCNC(=O)/C=C/c1cccc(OC2CCCC2)c1. The minimum atomic E-state index is -0.511. The molecule has 2 amide bonds. The van der Waals surface area contributed by atoms with Gasteiger partial charge in [-0.2, -0.15) is 0 Å². The Morgan fingerprint density at radius 2 is 1.86 bits per heavy atom. The van der Waals surface area contributed by atoms with Crippen LogP contribution in [0.2, 0.25) is 0 Å². The molecular weight excluding hydrogens is 356 g/mol. The van der Waals surface area contributed by atoms with Gasteiger partial charge in [-0.25, -0.2) is 4.79 Å². The molecule has 0 radical (unpaired) electrons. The van der Waals surface area contributed by atoms with E-state index < -0.39 is 11.7 Å². The van der Waals surface area contributed by atoms with E-state index in [1.54, 1.807) is 6.08 Å². The van der Waals surface area contributed by atoms with Gasteiger partial charge in [-0.3, -0.25) is 4.79 Å². The monoisotopic (exact) mass is 388 g/mol. The van der Waals surface area contributed by atoms with Crippen LogP contribution < -0.4 is 15.4 Å². The van der Waals surface area contributed by atoms with Crippen LogP contribution in [0.5, 0.6) is 5.75 Å². The quantitative estimate of drug-likeness (QED) is 0.520. The molecule has 0 spiro atoms. The molecule has 1 aromatic rings. The fourth-order valence-electron chi connectivity index (χ4n) is 2.93. The van der Waals surface area contributed by atoms with Gasteiger partial charge in [-0.1, -0.05) is 12.1 Å². The summed E-state index contributed by atoms with van der Waals surface area (Å²) in [6.07, 6.45) is 8.48. The van der Waals surface area contributed by atoms with Crippen LogP contribution in [0.4, 0.5) is 4.79 Å². The average molecular weight is 389 g/mol. The highest BCUT2D eigenvalue weighted by atomic mass is 16.6. The van der Waals surface area contributed by atoms with Crippen LogP contribution >= 0.6 is 0 Å². The summed E-state index contributed by atoms with van der Waals surface area (Å²) in [5.41, 5.74) is 0.417. The number of rotatable bonds is 8. The Balaban J connectivity index is 1.65. The van der Waals surface area contributed by atoms with E-state index in [2.05, 4.69) is 10.6 Å². The fraction of sp³-hybridized carbons (Fsp3) is 0.545. The van der Waals surface area contributed by atoms with Gasteiger partial charge in [-0.15, -0.1) is 0 Å². The largest absolute Gasteiger partial charge is 0.490 e. The number of hydrogen-bond acceptors (Lipinski definition) is 4. The molecule has 1 fully saturated rings. The second kappa shape index (κ2) is 10.7. The first kappa shape index (κ1) is 21.8. The molecule has 2 N–H and O–H groups in total. The summed E-state index contributed by atoms with van der Waals surface area (Å²) < 4.78 is 11.1. The summed E-state index contributed by atoms with van der Waals surface area (Å²) in [6, 6.07) is 7.78. The van der Waals surface area contributed by atoms with Gasteiger partial charge in [0, 0.05) is 19.2 Å². The molecule has 28 heavy (non-hydrogen) atoms. The summed E-state index contributed by atoms with van der Waals surface area (Å²) in [5.74, 6) is 0.682. The van der Waals surface area contributed by atoms with Crippen LogP contribution in [0.15, 0.2) is 30.3 Å². The maximum absolute atomic E-state index is 11.9. The van der Waals surface area contributed by atoms with E-state index in [0.717, 1.165) is 24.2 Å². The molecule has 1 aliphatic rings. The van der Waals surface area contributed by atoms with Crippen LogP contribution in [0, 0.1) is 0 Å². The Morgan fingerprint density at radius 1 is 1.14 bits per heavy atom. The predicted octanol–water partition coefficient (Wildman–Crippen LogP) is 4.05. The zero-order chi connectivity index (χ0) is 20.4. The minimum Gasteiger partial charge on any atom is -0.490 e. The molecule has 0 heterocycles. The number of carbonyl (C=O) groups is 2. The van der Waals surface area contributed by atoms with E-state index in [4.69, 9.17) is 9.47 Å². The van der Waals surface area contributed by atoms with Crippen molar-refractivity contribution in [2.24, 2.45) is 0 Å². The smallest absolute Gasteiger partial charge is 0.407 e. The fourth-order valence-corrected chi connectivity index (χ4v) is 2.93. The van der Waals surface area contributed by atoms with Gasteiger partial charge >= 0.3 is 6.09 Å². The van der Waals surface area contributed by atoms with Crippen LogP contribution in [-0.4, -0.2) is 36.8 Å². The van der Waals surface area contributed by atoms with Gasteiger partial charge in [0.2, 0.25) is 5.91 Å². The zero-order valence-electron chi connectivity index (χ0n) is 17.1. The van der Waals surface area contributed by atoms with E-state index in [1.165, 1.54) is 18.9 Å². The van der Waals surface area contributed by atoms with Crippen LogP contribution in [0.25, 0.3) is 6.08 Å². The molecule has 0 bridgehead atoms. The Hall–Kier alpha value is -2.50. The van der Waals surface area contributed by atoms with Gasteiger partial charge in [-0.05, 0) is 76.6 Å². The molecule has 0 aromatic heterocycles. The topological polar surface area (TPSA) is 76.7 Å². The van der Waals surface area contributed by atoms with Crippen molar-refractivity contribution in [2.45, 2.75) is 64.6 Å². The summed E-state index contributed by atoms with van der Waals surface area (Å²) in [6.45, 7) is 6.37. The van der Waals surface area contributed by atoms with Gasteiger partial charge in [0.1, 0.15) is 11.4 Å². The summed E-state index contributed by atoms with van der Waals surface area (Å²) in [5, 5.41) is 5.46. The van der Waals surface area contributed by atoms with Crippen molar-refractivity contribution in [1.29, 1.82) is 0 Å². The van der Waals surface area contributed by atoms with Crippen molar-refractivity contribution in [1.82, 2.24) is 10.6 Å². The Labute approximate surface area is 167 Å². The van der Waals surface area contributed by atoms with E-state index >= 15 is 0 Å². The third-order valence-corrected chi connectivity index (χ3v) is 4.21. The summed E-state index contributed by atoms with van der Waals surface area (Å²) >= 11 is 0. The molecule has 1 aromatic carbocycles. The zero-order valence-corrected chi connectivity index (χ0v) is 17.1. The molecule has 6 heteroatoms. The van der Waals surface area contributed by atoms with Gasteiger partial charge < -0.3 is 20.1 Å². The molecular formula is C22H32N2O4. The normalized spacial score (nSPS) is 14.8. The average Bonchev–Trinajstić information content (AvgIpc) is 3.11. The number of alkyl carbamates (subject to hydrolysis) is 1. The lowest BCUT2D eigenvalue weighted by molar-refractivity contribution is -0.116. The minimum absolute atomic E-state index is 0.167. The lowest BCUT2D eigenvalue weighted by atomic mass is 10.2. The number of carbonyl (C=O) groups excluding carboxylic acids is 2. The highest BCUT2D eigenvalue weighted by Crippen LogP contribution is 2.24. The predicted molar refractivity (Wildman–Crippen MR) is 110 cm³/mol. The van der Waals surface area contributed by atoms with Crippen molar-refractivity contribution in [3.63, 3.8) is 0 Å². The molecule has 2 rings (SSSR count). The molecule has 0 saturated heterocycles. The van der Waals surface area contributed by atoms with Crippen molar-refractivity contribution in [3.8, 4) is 5.75 Å². The van der Waals surface area contributed by atoms with Gasteiger partial charge in [0.25, 0.3) is 0 Å². The Morgan fingerprint density at radius 3 is 2.57 bits per heavy atom. The van der Waals surface area contributed by atoms with Crippen LogP contribution in [-0.2, 0) is 9.53 Å². The lowest BCUT2D eigenvalue weighted by Crippen LogP contribution is -2.34. The standard InChI is InChI=1S/C22H32N2O4/c1-22(2,3)28-21(26)24-15-7-14-23-20(25)13-12-17-8-6-11-19(16-17)27-18-9-4-5-10-18/h6,8,11-13,16,18H,4-5,7,9-10,14-15H2,1-3H3,(H,23,25)(H,24,26)/b13-12+. The number of nitrogens with one attached hydrogen (secondary N) is 2. The molecule has 0 atom stereocenters. The molecule has 6 nitrogen and oxygen atoms in total. The summed E-state index contributed by atoms with van der Waals surface area (Å²) in [4.78, 5) is 23.4.